The number of hydrogen-bond acceptors (Lipinski definition) is 3. The van der Waals surface area contributed by atoms with Gasteiger partial charge in [-0.05, 0) is 12.1 Å². The maximum Gasteiger partial charge on any atom is 0.266 e. The summed E-state index contributed by atoms with van der Waals surface area (Å²) in [5.74, 6) is -0.621. The Labute approximate surface area is 71.2 Å². The molecule has 1 atom stereocenters. The summed E-state index contributed by atoms with van der Waals surface area (Å²) in [6, 6.07) is 3.06. The Morgan fingerprint density at radius 1 is 1.67 bits per heavy atom. The highest BCUT2D eigenvalue weighted by Gasteiger charge is 2.05. The number of rotatable bonds is 2. The zero-order valence-electron chi connectivity index (χ0n) is 5.93. The maximum absolute atomic E-state index is 11.0. The molecule has 1 amide bonds. The second-order valence-corrected chi connectivity index (χ2v) is 2.62. The Balaban J connectivity index is 2.73. The van der Waals surface area contributed by atoms with Crippen LogP contribution in [0, 0.1) is 0 Å². The fourth-order valence-electron chi connectivity index (χ4n) is 0.635. The number of aromatic nitrogens is 1. The van der Waals surface area contributed by atoms with Crippen molar-refractivity contribution in [1.82, 2.24) is 9.71 Å². The van der Waals surface area contributed by atoms with E-state index in [1.165, 1.54) is 18.5 Å². The van der Waals surface area contributed by atoms with Crippen molar-refractivity contribution in [2.75, 3.05) is 0 Å². The van der Waals surface area contributed by atoms with Gasteiger partial charge in [0.2, 0.25) is 0 Å². The second-order valence-electron chi connectivity index (χ2n) is 1.92. The van der Waals surface area contributed by atoms with Crippen molar-refractivity contribution in [2.45, 2.75) is 0 Å². The average Bonchev–Trinajstić information content (AvgIpc) is 2.05. The second kappa shape index (κ2) is 3.93. The fraction of sp³-hybridized carbons (Fsp3) is 0. The molecule has 5 nitrogen and oxygen atoms in total. The first-order valence-electron chi connectivity index (χ1n) is 3.02. The van der Waals surface area contributed by atoms with Crippen LogP contribution in [0.2, 0.25) is 0 Å². The van der Waals surface area contributed by atoms with E-state index in [4.69, 9.17) is 4.55 Å². The van der Waals surface area contributed by atoms with E-state index in [0.29, 0.717) is 0 Å². The predicted molar refractivity (Wildman–Crippen MR) is 42.5 cm³/mol. The summed E-state index contributed by atoms with van der Waals surface area (Å²) in [4.78, 5) is 14.6. The largest absolute Gasteiger partial charge is 0.289 e. The van der Waals surface area contributed by atoms with Crippen molar-refractivity contribution in [3.63, 3.8) is 0 Å². The van der Waals surface area contributed by atoms with Gasteiger partial charge in [-0.15, -0.1) is 0 Å². The standard InChI is InChI=1S/C6H6N2O3S/c9-6(8-12(10)11)5-2-1-3-7-4-5/h1-4H,(H,8,9)(H,10,11). The highest BCUT2D eigenvalue weighted by molar-refractivity contribution is 7.77. The summed E-state index contributed by atoms with van der Waals surface area (Å²) in [5, 5.41) is 0. The van der Waals surface area contributed by atoms with Crippen LogP contribution in [0.1, 0.15) is 10.4 Å². The van der Waals surface area contributed by atoms with Crippen LogP contribution in [-0.4, -0.2) is 19.7 Å². The van der Waals surface area contributed by atoms with Gasteiger partial charge in [0.25, 0.3) is 17.2 Å². The summed E-state index contributed by atoms with van der Waals surface area (Å²) in [5.41, 5.74) is 0.250. The lowest BCUT2D eigenvalue weighted by Gasteiger charge is -1.97. The van der Waals surface area contributed by atoms with Crippen molar-refractivity contribution in [1.29, 1.82) is 0 Å². The Hall–Kier alpha value is -1.27. The molecule has 6 heteroatoms. The lowest BCUT2D eigenvalue weighted by molar-refractivity contribution is 0.0980. The van der Waals surface area contributed by atoms with E-state index in [0.717, 1.165) is 0 Å². The van der Waals surface area contributed by atoms with Gasteiger partial charge < -0.3 is 0 Å². The molecule has 0 aliphatic rings. The molecule has 0 saturated heterocycles. The molecule has 0 fully saturated rings. The number of nitrogens with zero attached hydrogens (tertiary/aromatic N) is 1. The highest BCUT2D eigenvalue weighted by Crippen LogP contribution is 1.94. The van der Waals surface area contributed by atoms with Gasteiger partial charge in [-0.2, -0.15) is 0 Å². The highest BCUT2D eigenvalue weighted by atomic mass is 32.2. The summed E-state index contributed by atoms with van der Waals surface area (Å²) in [6.45, 7) is 0. The van der Waals surface area contributed by atoms with Crippen LogP contribution in [0.4, 0.5) is 0 Å². The smallest absolute Gasteiger partial charge is 0.266 e. The lowest BCUT2D eigenvalue weighted by Crippen LogP contribution is -2.24. The minimum atomic E-state index is -2.32. The number of nitrogens with one attached hydrogen (secondary N) is 1. The molecule has 0 spiro atoms. The maximum atomic E-state index is 11.0. The van der Waals surface area contributed by atoms with Crippen LogP contribution in [0.5, 0.6) is 0 Å². The molecule has 0 aromatic carbocycles. The molecule has 1 heterocycles. The topological polar surface area (TPSA) is 79.3 Å². The minimum Gasteiger partial charge on any atom is -0.289 e. The Bertz CT molecular complexity index is 301. The van der Waals surface area contributed by atoms with Gasteiger partial charge in [-0.1, -0.05) is 0 Å². The Morgan fingerprint density at radius 3 is 2.92 bits per heavy atom. The van der Waals surface area contributed by atoms with Crippen molar-refractivity contribution in [2.24, 2.45) is 0 Å². The van der Waals surface area contributed by atoms with E-state index in [1.54, 1.807) is 6.07 Å². The zero-order valence-corrected chi connectivity index (χ0v) is 6.75. The van der Waals surface area contributed by atoms with Gasteiger partial charge >= 0.3 is 0 Å². The number of amides is 1. The van der Waals surface area contributed by atoms with Crippen molar-refractivity contribution in [3.05, 3.63) is 30.1 Å². The summed E-state index contributed by atoms with van der Waals surface area (Å²) < 4.78 is 20.3. The van der Waals surface area contributed by atoms with Gasteiger partial charge in [-0.3, -0.25) is 14.3 Å². The number of carbonyl (C=O) groups excluding carboxylic acids is 1. The molecule has 1 unspecified atom stereocenters. The van der Waals surface area contributed by atoms with E-state index in [1.807, 2.05) is 4.72 Å². The van der Waals surface area contributed by atoms with Gasteiger partial charge in [0, 0.05) is 12.4 Å². The number of carbonyl (C=O) groups is 1. The monoisotopic (exact) mass is 186 g/mol. The van der Waals surface area contributed by atoms with Crippen LogP contribution in [-0.2, 0) is 11.3 Å². The van der Waals surface area contributed by atoms with E-state index in [2.05, 4.69) is 4.98 Å². The Morgan fingerprint density at radius 2 is 2.42 bits per heavy atom. The molecule has 0 aliphatic carbocycles. The van der Waals surface area contributed by atoms with E-state index in [9.17, 15) is 9.00 Å². The summed E-state index contributed by atoms with van der Waals surface area (Å²) in [7, 11) is 0. The van der Waals surface area contributed by atoms with Gasteiger partial charge in [0.05, 0.1) is 5.56 Å². The van der Waals surface area contributed by atoms with Gasteiger partial charge in [0.1, 0.15) is 0 Å². The average molecular weight is 186 g/mol. The van der Waals surface area contributed by atoms with Crippen molar-refractivity contribution in [3.8, 4) is 0 Å². The molecule has 0 radical (unpaired) electrons. The molecule has 0 saturated carbocycles. The van der Waals surface area contributed by atoms with Crippen molar-refractivity contribution >= 4 is 17.2 Å². The van der Waals surface area contributed by atoms with E-state index in [-0.39, 0.29) is 5.56 Å². The molecular formula is C6H6N2O3S. The third-order valence-corrected chi connectivity index (χ3v) is 1.46. The third kappa shape index (κ3) is 2.40. The quantitative estimate of drug-likeness (QED) is 0.634. The fourth-order valence-corrected chi connectivity index (χ4v) is 0.912. The molecule has 2 N–H and O–H groups in total. The molecule has 0 bridgehead atoms. The molecule has 64 valence electrons. The van der Waals surface area contributed by atoms with Gasteiger partial charge in [0.15, 0.2) is 0 Å². The van der Waals surface area contributed by atoms with Crippen LogP contribution >= 0.6 is 0 Å². The zero-order chi connectivity index (χ0) is 8.97. The molecule has 1 aromatic rings. The third-order valence-electron chi connectivity index (χ3n) is 1.10. The summed E-state index contributed by atoms with van der Waals surface area (Å²) in [6.07, 6.45) is 2.81. The van der Waals surface area contributed by atoms with E-state index < -0.39 is 17.2 Å². The van der Waals surface area contributed by atoms with Gasteiger partial charge in [-0.25, -0.2) is 8.93 Å². The summed E-state index contributed by atoms with van der Waals surface area (Å²) >= 11 is -2.32. The lowest BCUT2D eigenvalue weighted by atomic mass is 10.3. The SMILES string of the molecule is O=C(NS(=O)O)c1cccnc1. The molecule has 0 aliphatic heterocycles. The van der Waals surface area contributed by atoms with E-state index >= 15 is 0 Å². The van der Waals surface area contributed by atoms with Crippen LogP contribution in [0.3, 0.4) is 0 Å². The predicted octanol–water partition coefficient (Wildman–Crippen LogP) is -0.0519. The first kappa shape index (κ1) is 8.82. The molecular weight excluding hydrogens is 180 g/mol. The molecule has 1 rings (SSSR count). The normalized spacial score (nSPS) is 12.1. The Kier molecular flexibility index (Phi) is 2.89. The first-order valence-corrected chi connectivity index (χ1v) is 4.12. The van der Waals surface area contributed by atoms with Crippen molar-refractivity contribution < 1.29 is 13.6 Å². The number of hydrogen-bond donors (Lipinski definition) is 2. The van der Waals surface area contributed by atoms with Crippen LogP contribution < -0.4 is 4.72 Å². The first-order chi connectivity index (χ1) is 5.70. The van der Waals surface area contributed by atoms with Crippen LogP contribution in [0.15, 0.2) is 24.5 Å². The minimum absolute atomic E-state index is 0.250. The molecule has 1 aromatic heterocycles. The number of pyridine rings is 1. The molecule has 12 heavy (non-hydrogen) atoms. The van der Waals surface area contributed by atoms with Crippen LogP contribution in [0.25, 0.3) is 0 Å².